The van der Waals surface area contributed by atoms with Crippen molar-refractivity contribution in [2.45, 2.75) is 6.92 Å². The third-order valence-electron chi connectivity index (χ3n) is 0.376. The summed E-state index contributed by atoms with van der Waals surface area (Å²) >= 11 is 0. The Morgan fingerprint density at radius 1 is 1.86 bits per heavy atom. The van der Waals surface area contributed by atoms with Gasteiger partial charge in [0.15, 0.2) is 0 Å². The molecule has 39 valence electrons. The number of nitrogens with zero attached hydrogens (tertiary/aromatic N) is 1. The zero-order chi connectivity index (χ0) is 5.70. The summed E-state index contributed by atoms with van der Waals surface area (Å²) in [4.78, 5) is 13.8. The zero-order valence-corrected chi connectivity index (χ0v) is 4.26. The molecule has 0 N–H and O–H groups in total. The maximum absolute atomic E-state index is 9.56. The topological polar surface area (TPSA) is 38.7 Å². The SMILES string of the molecule is CO/N=C(/C)[C]=O. The molecule has 0 aliphatic carbocycles. The summed E-state index contributed by atoms with van der Waals surface area (Å²) in [5.41, 5.74) is 0.225. The monoisotopic (exact) mass is 100 g/mol. The first-order chi connectivity index (χ1) is 3.31. The van der Waals surface area contributed by atoms with Crippen LogP contribution >= 0.6 is 0 Å². The Balaban J connectivity index is 3.49. The van der Waals surface area contributed by atoms with Crippen LogP contribution in [0.2, 0.25) is 0 Å². The molecule has 0 rings (SSSR count). The molecule has 7 heavy (non-hydrogen) atoms. The average molecular weight is 100 g/mol. The van der Waals surface area contributed by atoms with Crippen LogP contribution in [0.4, 0.5) is 0 Å². The molecular formula is C4H6NO2. The van der Waals surface area contributed by atoms with Crippen LogP contribution in [0.15, 0.2) is 5.16 Å². The van der Waals surface area contributed by atoms with Crippen molar-refractivity contribution in [2.24, 2.45) is 5.16 Å². The van der Waals surface area contributed by atoms with E-state index in [2.05, 4.69) is 9.99 Å². The van der Waals surface area contributed by atoms with Crippen LogP contribution in [0.25, 0.3) is 0 Å². The van der Waals surface area contributed by atoms with Gasteiger partial charge >= 0.3 is 0 Å². The maximum Gasteiger partial charge on any atom is 0.252 e. The molecule has 0 saturated heterocycles. The molecule has 3 nitrogen and oxygen atoms in total. The zero-order valence-electron chi connectivity index (χ0n) is 4.26. The average Bonchev–Trinajstić information content (AvgIpc) is 1.68. The van der Waals surface area contributed by atoms with E-state index in [1.54, 1.807) is 6.29 Å². The minimum absolute atomic E-state index is 0.225. The lowest BCUT2D eigenvalue weighted by Gasteiger charge is -1.82. The molecule has 0 aliphatic rings. The number of hydrogen-bond donors (Lipinski definition) is 0. The van der Waals surface area contributed by atoms with E-state index >= 15 is 0 Å². The molecule has 0 amide bonds. The molecule has 0 aliphatic heterocycles. The van der Waals surface area contributed by atoms with Gasteiger partial charge in [0.1, 0.15) is 12.8 Å². The van der Waals surface area contributed by atoms with Crippen LogP contribution in [0.5, 0.6) is 0 Å². The highest BCUT2D eigenvalue weighted by atomic mass is 16.6. The molecule has 0 spiro atoms. The Morgan fingerprint density at radius 3 is 2.57 bits per heavy atom. The van der Waals surface area contributed by atoms with Crippen molar-refractivity contribution in [3.05, 3.63) is 0 Å². The van der Waals surface area contributed by atoms with Crippen molar-refractivity contribution < 1.29 is 9.63 Å². The summed E-state index contributed by atoms with van der Waals surface area (Å²) in [6.45, 7) is 1.51. The largest absolute Gasteiger partial charge is 0.399 e. The second-order valence-corrected chi connectivity index (χ2v) is 0.961. The normalized spacial score (nSPS) is 10.9. The van der Waals surface area contributed by atoms with E-state index in [4.69, 9.17) is 0 Å². The highest BCUT2D eigenvalue weighted by Crippen LogP contribution is 1.69. The minimum Gasteiger partial charge on any atom is -0.399 e. The molecule has 3 heteroatoms. The van der Waals surface area contributed by atoms with E-state index in [9.17, 15) is 4.79 Å². The van der Waals surface area contributed by atoms with E-state index in [1.165, 1.54) is 14.0 Å². The predicted molar refractivity (Wildman–Crippen MR) is 25.8 cm³/mol. The Hall–Kier alpha value is -0.860. The van der Waals surface area contributed by atoms with Crippen molar-refractivity contribution in [1.29, 1.82) is 0 Å². The summed E-state index contributed by atoms with van der Waals surface area (Å²) < 4.78 is 0. The molecule has 0 bridgehead atoms. The van der Waals surface area contributed by atoms with Crippen LogP contribution in [0, 0.1) is 0 Å². The van der Waals surface area contributed by atoms with Crippen molar-refractivity contribution in [3.63, 3.8) is 0 Å². The fourth-order valence-electron chi connectivity index (χ4n) is 0.156. The second-order valence-electron chi connectivity index (χ2n) is 0.961. The van der Waals surface area contributed by atoms with Crippen LogP contribution < -0.4 is 0 Å². The smallest absolute Gasteiger partial charge is 0.252 e. The quantitative estimate of drug-likeness (QED) is 0.365. The molecular weight excluding hydrogens is 94.0 g/mol. The highest BCUT2D eigenvalue weighted by Gasteiger charge is 1.82. The van der Waals surface area contributed by atoms with E-state index in [0.717, 1.165) is 0 Å². The summed E-state index contributed by atoms with van der Waals surface area (Å²) in [7, 11) is 1.38. The highest BCUT2D eigenvalue weighted by molar-refractivity contribution is 6.27. The molecule has 0 aromatic heterocycles. The molecule has 0 atom stereocenters. The van der Waals surface area contributed by atoms with Crippen LogP contribution in [0.3, 0.4) is 0 Å². The van der Waals surface area contributed by atoms with Gasteiger partial charge in [0.25, 0.3) is 6.29 Å². The van der Waals surface area contributed by atoms with E-state index < -0.39 is 0 Å². The number of carbonyl (C=O) groups excluding carboxylic acids is 1. The van der Waals surface area contributed by atoms with Crippen molar-refractivity contribution >= 4 is 12.0 Å². The first kappa shape index (κ1) is 6.14. The Morgan fingerprint density at radius 2 is 2.43 bits per heavy atom. The van der Waals surface area contributed by atoms with E-state index in [-0.39, 0.29) is 5.71 Å². The van der Waals surface area contributed by atoms with Crippen molar-refractivity contribution in [1.82, 2.24) is 0 Å². The molecule has 0 unspecified atom stereocenters. The van der Waals surface area contributed by atoms with Crippen LogP contribution in [0.1, 0.15) is 6.92 Å². The van der Waals surface area contributed by atoms with Crippen molar-refractivity contribution in [3.8, 4) is 0 Å². The van der Waals surface area contributed by atoms with Gasteiger partial charge in [-0.2, -0.15) is 0 Å². The van der Waals surface area contributed by atoms with E-state index in [0.29, 0.717) is 0 Å². The Bertz CT molecular complexity index is 87.7. The van der Waals surface area contributed by atoms with Gasteiger partial charge in [0.2, 0.25) is 0 Å². The number of hydrogen-bond acceptors (Lipinski definition) is 3. The van der Waals surface area contributed by atoms with Gasteiger partial charge in [-0.1, -0.05) is 5.16 Å². The van der Waals surface area contributed by atoms with Gasteiger partial charge in [-0.25, -0.2) is 0 Å². The fraction of sp³-hybridized carbons (Fsp3) is 0.500. The third kappa shape index (κ3) is 2.96. The van der Waals surface area contributed by atoms with Gasteiger partial charge in [-0.3, -0.25) is 4.79 Å². The van der Waals surface area contributed by atoms with Crippen LogP contribution in [-0.4, -0.2) is 19.1 Å². The van der Waals surface area contributed by atoms with Gasteiger partial charge in [0, 0.05) is 0 Å². The van der Waals surface area contributed by atoms with Crippen LogP contribution in [-0.2, 0) is 9.63 Å². The van der Waals surface area contributed by atoms with Gasteiger partial charge < -0.3 is 4.84 Å². The number of oxime groups is 1. The Kier molecular flexibility index (Phi) is 2.92. The first-order valence-electron chi connectivity index (χ1n) is 1.77. The summed E-state index contributed by atoms with van der Waals surface area (Å²) in [6.07, 6.45) is 1.54. The van der Waals surface area contributed by atoms with Gasteiger partial charge in [-0.05, 0) is 6.92 Å². The maximum atomic E-state index is 9.56. The first-order valence-corrected chi connectivity index (χ1v) is 1.77. The minimum atomic E-state index is 0.225. The standard InChI is InChI=1S/C4H6NO2/c1-4(3-6)5-7-2/h1-2H3/b5-4-. The third-order valence-corrected chi connectivity index (χ3v) is 0.376. The lowest BCUT2D eigenvalue weighted by molar-refractivity contribution is 0.214. The molecule has 0 aromatic rings. The summed E-state index contributed by atoms with van der Waals surface area (Å²) in [5.74, 6) is 0. The second kappa shape index (κ2) is 3.33. The van der Waals surface area contributed by atoms with Crippen molar-refractivity contribution in [2.75, 3.05) is 7.11 Å². The summed E-state index contributed by atoms with van der Waals surface area (Å²) in [5, 5.41) is 3.24. The lowest BCUT2D eigenvalue weighted by Crippen LogP contribution is -1.90. The fourth-order valence-corrected chi connectivity index (χ4v) is 0.156. The number of rotatable bonds is 2. The molecule has 0 aromatic carbocycles. The Labute approximate surface area is 42.0 Å². The molecule has 0 fully saturated rings. The molecule has 0 heterocycles. The van der Waals surface area contributed by atoms with E-state index in [1.807, 2.05) is 0 Å². The summed E-state index contributed by atoms with van der Waals surface area (Å²) in [6, 6.07) is 0. The van der Waals surface area contributed by atoms with Gasteiger partial charge in [-0.15, -0.1) is 0 Å². The lowest BCUT2D eigenvalue weighted by atomic mass is 10.5. The molecule has 0 saturated carbocycles. The molecule has 1 radical (unpaired) electrons. The van der Waals surface area contributed by atoms with Gasteiger partial charge in [0.05, 0.1) is 0 Å². The predicted octanol–water partition coefficient (Wildman–Crippen LogP) is 0.118.